The molecule has 0 aromatic heterocycles. The number of benzene rings is 1. The van der Waals surface area contributed by atoms with Gasteiger partial charge in [0.15, 0.2) is 5.96 Å². The van der Waals surface area contributed by atoms with Gasteiger partial charge in [0.05, 0.1) is 32.1 Å². The van der Waals surface area contributed by atoms with Crippen LogP contribution in [0.15, 0.2) is 29.3 Å². The molecule has 2 atom stereocenters. The fourth-order valence-corrected chi connectivity index (χ4v) is 3.19. The van der Waals surface area contributed by atoms with Crippen molar-refractivity contribution < 1.29 is 14.6 Å². The Labute approximate surface area is 192 Å². The summed E-state index contributed by atoms with van der Waals surface area (Å²) in [6.45, 7) is 10.1. The number of anilines is 1. The maximum absolute atomic E-state index is 10.1. The van der Waals surface area contributed by atoms with Gasteiger partial charge in [-0.2, -0.15) is 0 Å². The summed E-state index contributed by atoms with van der Waals surface area (Å²) in [6.07, 6.45) is 0.422. The molecule has 166 valence electrons. The van der Waals surface area contributed by atoms with Crippen LogP contribution in [0.3, 0.4) is 0 Å². The van der Waals surface area contributed by atoms with E-state index in [0.717, 1.165) is 43.5 Å². The number of nitrogens with one attached hydrogen (secondary N) is 2. The molecule has 29 heavy (non-hydrogen) atoms. The van der Waals surface area contributed by atoms with E-state index in [1.807, 2.05) is 25.1 Å². The number of ether oxygens (including phenoxy) is 2. The molecule has 2 rings (SSSR count). The first-order chi connectivity index (χ1) is 13.5. The number of halogens is 1. The zero-order chi connectivity index (χ0) is 20.4. The number of guanidine groups is 1. The number of nitrogens with zero attached hydrogens (tertiary/aromatic N) is 2. The van der Waals surface area contributed by atoms with Gasteiger partial charge in [0, 0.05) is 32.3 Å². The average molecular weight is 520 g/mol. The summed E-state index contributed by atoms with van der Waals surface area (Å²) in [5.74, 6) is 2.09. The highest BCUT2D eigenvalue weighted by atomic mass is 127. The molecule has 0 aliphatic carbocycles. The van der Waals surface area contributed by atoms with E-state index in [1.165, 1.54) is 0 Å². The maximum atomic E-state index is 10.1. The molecule has 0 amide bonds. The second-order valence-electron chi connectivity index (χ2n) is 7.55. The van der Waals surface area contributed by atoms with Gasteiger partial charge in [-0.3, -0.25) is 4.99 Å². The highest BCUT2D eigenvalue weighted by Crippen LogP contribution is 2.30. The van der Waals surface area contributed by atoms with Crippen molar-refractivity contribution in [2.24, 2.45) is 10.9 Å². The molecule has 1 aliphatic rings. The lowest BCUT2D eigenvalue weighted by molar-refractivity contribution is 0.0301. The first kappa shape index (κ1) is 25.8. The number of hydrogen-bond acceptors (Lipinski definition) is 5. The Hall–Kier alpha value is -1.26. The second-order valence-corrected chi connectivity index (χ2v) is 7.55. The zero-order valence-electron chi connectivity index (χ0n) is 18.1. The maximum Gasteiger partial charge on any atom is 0.191 e. The van der Waals surface area contributed by atoms with Gasteiger partial charge >= 0.3 is 0 Å². The Morgan fingerprint density at radius 3 is 2.76 bits per heavy atom. The fourth-order valence-electron chi connectivity index (χ4n) is 3.19. The molecule has 1 fully saturated rings. The third-order valence-electron chi connectivity index (χ3n) is 4.52. The van der Waals surface area contributed by atoms with E-state index in [2.05, 4.69) is 40.4 Å². The van der Waals surface area contributed by atoms with Crippen LogP contribution in [-0.4, -0.2) is 69.7 Å². The van der Waals surface area contributed by atoms with E-state index < -0.39 is 6.10 Å². The molecule has 0 radical (unpaired) electrons. The number of para-hydroxylation sites is 2. The predicted octanol–water partition coefficient (Wildman–Crippen LogP) is 2.48. The third-order valence-corrected chi connectivity index (χ3v) is 4.52. The summed E-state index contributed by atoms with van der Waals surface area (Å²) < 4.78 is 11.0. The van der Waals surface area contributed by atoms with E-state index in [-0.39, 0.29) is 30.0 Å². The van der Waals surface area contributed by atoms with Crippen molar-refractivity contribution in [1.82, 2.24) is 10.6 Å². The van der Waals surface area contributed by atoms with Gasteiger partial charge in [-0.05, 0) is 31.4 Å². The topological polar surface area (TPSA) is 78.4 Å². The SMILES string of the molecule is CCNC(=NCC(O)COCC(C)C)NC1CCN(c2ccccc2OC)C1.I. The van der Waals surface area contributed by atoms with Crippen molar-refractivity contribution in [2.75, 3.05) is 51.4 Å². The molecule has 7 nitrogen and oxygen atoms in total. The van der Waals surface area contributed by atoms with E-state index in [0.29, 0.717) is 25.7 Å². The van der Waals surface area contributed by atoms with Gasteiger partial charge in [-0.15, -0.1) is 24.0 Å². The Bertz CT molecular complexity index is 615. The number of methoxy groups -OCH3 is 1. The molecular formula is C21H37IN4O3. The summed E-state index contributed by atoms with van der Waals surface area (Å²) >= 11 is 0. The van der Waals surface area contributed by atoms with Crippen LogP contribution in [0, 0.1) is 5.92 Å². The Kier molecular flexibility index (Phi) is 12.3. The third kappa shape index (κ3) is 8.96. The van der Waals surface area contributed by atoms with Gasteiger partial charge in [0.25, 0.3) is 0 Å². The molecular weight excluding hydrogens is 483 g/mol. The van der Waals surface area contributed by atoms with Gasteiger partial charge in [0.1, 0.15) is 5.75 Å². The minimum Gasteiger partial charge on any atom is -0.495 e. The van der Waals surface area contributed by atoms with Crippen LogP contribution in [0.4, 0.5) is 5.69 Å². The van der Waals surface area contributed by atoms with E-state index in [1.54, 1.807) is 7.11 Å². The molecule has 1 aromatic carbocycles. The van der Waals surface area contributed by atoms with E-state index >= 15 is 0 Å². The molecule has 1 aromatic rings. The molecule has 1 aliphatic heterocycles. The van der Waals surface area contributed by atoms with Gasteiger partial charge in [-0.1, -0.05) is 26.0 Å². The van der Waals surface area contributed by atoms with E-state index in [4.69, 9.17) is 9.47 Å². The summed E-state index contributed by atoms with van der Waals surface area (Å²) in [5.41, 5.74) is 1.12. The molecule has 0 saturated carbocycles. The standard InChI is InChI=1S/C21H36N4O3.HI/c1-5-22-21(23-12-18(26)15-28-14-16(2)3)24-17-10-11-25(13-17)19-8-6-7-9-20(19)27-4;/h6-9,16-18,26H,5,10-15H2,1-4H3,(H2,22,23,24);1H. The van der Waals surface area contributed by atoms with Crippen LogP contribution in [0.5, 0.6) is 5.75 Å². The van der Waals surface area contributed by atoms with Crippen LogP contribution in [0.2, 0.25) is 0 Å². The lowest BCUT2D eigenvalue weighted by Gasteiger charge is -2.22. The highest BCUT2D eigenvalue weighted by Gasteiger charge is 2.25. The number of aliphatic hydroxyl groups is 1. The van der Waals surface area contributed by atoms with Crippen LogP contribution >= 0.6 is 24.0 Å². The average Bonchev–Trinajstić information content (AvgIpc) is 3.14. The van der Waals surface area contributed by atoms with Crippen molar-refractivity contribution in [1.29, 1.82) is 0 Å². The van der Waals surface area contributed by atoms with Crippen LogP contribution in [0.25, 0.3) is 0 Å². The molecule has 0 spiro atoms. The Balaban J connectivity index is 0.00000420. The molecule has 1 saturated heterocycles. The number of rotatable bonds is 10. The Morgan fingerprint density at radius 1 is 1.31 bits per heavy atom. The largest absolute Gasteiger partial charge is 0.495 e. The smallest absolute Gasteiger partial charge is 0.191 e. The predicted molar refractivity (Wildman–Crippen MR) is 130 cm³/mol. The quantitative estimate of drug-likeness (QED) is 0.250. The monoisotopic (exact) mass is 520 g/mol. The van der Waals surface area contributed by atoms with Crippen molar-refractivity contribution in [3.05, 3.63) is 24.3 Å². The number of hydrogen-bond donors (Lipinski definition) is 3. The van der Waals surface area contributed by atoms with E-state index in [9.17, 15) is 5.11 Å². The normalized spacial score (nSPS) is 17.8. The minimum absolute atomic E-state index is 0. The van der Waals surface area contributed by atoms with Gasteiger partial charge in [0.2, 0.25) is 0 Å². The molecule has 3 N–H and O–H groups in total. The van der Waals surface area contributed by atoms with Crippen LogP contribution < -0.4 is 20.3 Å². The van der Waals surface area contributed by atoms with Crippen molar-refractivity contribution in [3.63, 3.8) is 0 Å². The molecule has 1 heterocycles. The number of aliphatic hydroxyl groups excluding tert-OH is 1. The zero-order valence-corrected chi connectivity index (χ0v) is 20.4. The molecule has 0 bridgehead atoms. The first-order valence-electron chi connectivity index (χ1n) is 10.2. The minimum atomic E-state index is -0.595. The Morgan fingerprint density at radius 2 is 2.07 bits per heavy atom. The summed E-state index contributed by atoms with van der Waals surface area (Å²) in [5, 5.41) is 16.8. The van der Waals surface area contributed by atoms with Crippen LogP contribution in [-0.2, 0) is 4.74 Å². The summed E-state index contributed by atoms with van der Waals surface area (Å²) in [7, 11) is 1.71. The van der Waals surface area contributed by atoms with Gasteiger partial charge in [-0.25, -0.2) is 0 Å². The molecule has 2 unspecified atom stereocenters. The van der Waals surface area contributed by atoms with Crippen molar-refractivity contribution in [2.45, 2.75) is 39.3 Å². The second kappa shape index (κ2) is 13.9. The molecule has 8 heteroatoms. The highest BCUT2D eigenvalue weighted by molar-refractivity contribution is 14.0. The van der Waals surface area contributed by atoms with Crippen molar-refractivity contribution >= 4 is 35.6 Å². The van der Waals surface area contributed by atoms with Gasteiger partial charge < -0.3 is 30.1 Å². The lowest BCUT2D eigenvalue weighted by atomic mass is 10.2. The summed E-state index contributed by atoms with van der Waals surface area (Å²) in [4.78, 5) is 6.86. The lowest BCUT2D eigenvalue weighted by Crippen LogP contribution is -2.45. The summed E-state index contributed by atoms with van der Waals surface area (Å²) in [6, 6.07) is 8.39. The van der Waals surface area contributed by atoms with Crippen LogP contribution in [0.1, 0.15) is 27.2 Å². The first-order valence-corrected chi connectivity index (χ1v) is 10.2. The fraction of sp³-hybridized carbons (Fsp3) is 0.667. The number of aliphatic imine (C=N–C) groups is 1. The van der Waals surface area contributed by atoms with Crippen molar-refractivity contribution in [3.8, 4) is 5.75 Å².